The Morgan fingerprint density at radius 2 is 1.79 bits per heavy atom. The summed E-state index contributed by atoms with van der Waals surface area (Å²) in [5.74, 6) is -0.271. The van der Waals surface area contributed by atoms with E-state index < -0.39 is 0 Å². The minimum atomic E-state index is -0.271. The Balaban J connectivity index is 0.00000180. The Hall–Kier alpha value is -1.26. The van der Waals surface area contributed by atoms with E-state index in [-0.39, 0.29) is 18.4 Å². The normalized spacial score (nSPS) is 15.6. The number of halogens is 1. The maximum absolute atomic E-state index is 11.7. The molecule has 0 radical (unpaired) electrons. The molecule has 1 heterocycles. The monoisotopic (exact) mass is 284 g/mol. The van der Waals surface area contributed by atoms with Gasteiger partial charge in [-0.15, -0.1) is 12.4 Å². The van der Waals surface area contributed by atoms with Crippen molar-refractivity contribution in [2.45, 2.75) is 19.3 Å². The second-order valence-corrected chi connectivity index (χ2v) is 4.66. The number of benzene rings is 1. The van der Waals surface area contributed by atoms with Gasteiger partial charge in [-0.05, 0) is 50.2 Å². The smallest absolute Gasteiger partial charge is 0.338 e. The number of nitrogens with zero attached hydrogens (tertiary/aromatic N) is 1. The standard InChI is InChI=1S/C14H20N2O2.ClH/c15-13-6-4-12(5-7-13)14(17)18-11-10-16-8-2-1-3-9-16;/h4-7H,1-3,8-11,15H2;1H. The number of anilines is 1. The molecule has 2 rings (SSSR count). The SMILES string of the molecule is Cl.Nc1ccc(C(=O)OCCN2CCCCC2)cc1. The topological polar surface area (TPSA) is 55.6 Å². The van der Waals surface area contributed by atoms with Gasteiger partial charge in [-0.25, -0.2) is 4.79 Å². The number of ether oxygens (including phenoxy) is 1. The number of piperidine rings is 1. The van der Waals surface area contributed by atoms with Crippen LogP contribution in [0.2, 0.25) is 0 Å². The summed E-state index contributed by atoms with van der Waals surface area (Å²) in [6.07, 6.45) is 3.83. The molecule has 0 unspecified atom stereocenters. The fourth-order valence-corrected chi connectivity index (χ4v) is 2.15. The molecule has 19 heavy (non-hydrogen) atoms. The summed E-state index contributed by atoms with van der Waals surface area (Å²) in [5, 5.41) is 0. The fourth-order valence-electron chi connectivity index (χ4n) is 2.15. The first-order valence-electron chi connectivity index (χ1n) is 6.51. The molecule has 4 nitrogen and oxygen atoms in total. The van der Waals surface area contributed by atoms with Crippen molar-refractivity contribution in [1.29, 1.82) is 0 Å². The fraction of sp³-hybridized carbons (Fsp3) is 0.500. The minimum absolute atomic E-state index is 0. The number of carbonyl (C=O) groups excluding carboxylic acids is 1. The maximum Gasteiger partial charge on any atom is 0.338 e. The highest BCUT2D eigenvalue weighted by atomic mass is 35.5. The van der Waals surface area contributed by atoms with Crippen LogP contribution in [0.3, 0.4) is 0 Å². The number of hydrogen-bond donors (Lipinski definition) is 1. The van der Waals surface area contributed by atoms with Crippen molar-refractivity contribution in [1.82, 2.24) is 4.90 Å². The van der Waals surface area contributed by atoms with Crippen LogP contribution in [0.1, 0.15) is 29.6 Å². The molecule has 106 valence electrons. The first-order valence-corrected chi connectivity index (χ1v) is 6.51. The van der Waals surface area contributed by atoms with Crippen molar-refractivity contribution >= 4 is 24.1 Å². The van der Waals surface area contributed by atoms with E-state index in [9.17, 15) is 4.79 Å². The molecule has 5 heteroatoms. The van der Waals surface area contributed by atoms with Crippen molar-refractivity contribution in [2.24, 2.45) is 0 Å². The van der Waals surface area contributed by atoms with E-state index in [0.717, 1.165) is 19.6 Å². The quantitative estimate of drug-likeness (QED) is 0.681. The van der Waals surface area contributed by atoms with Crippen LogP contribution in [-0.2, 0) is 4.74 Å². The lowest BCUT2D eigenvalue weighted by Gasteiger charge is -2.25. The van der Waals surface area contributed by atoms with Crippen LogP contribution in [0, 0.1) is 0 Å². The first kappa shape index (κ1) is 15.8. The van der Waals surface area contributed by atoms with Gasteiger partial charge in [0.1, 0.15) is 6.61 Å². The molecule has 0 amide bonds. The van der Waals surface area contributed by atoms with E-state index in [1.807, 2.05) is 0 Å². The highest BCUT2D eigenvalue weighted by molar-refractivity contribution is 5.89. The van der Waals surface area contributed by atoms with Gasteiger partial charge < -0.3 is 10.5 Å². The molecule has 1 saturated heterocycles. The zero-order valence-corrected chi connectivity index (χ0v) is 11.8. The third kappa shape index (κ3) is 5.09. The van der Waals surface area contributed by atoms with Gasteiger partial charge in [0.05, 0.1) is 5.56 Å². The van der Waals surface area contributed by atoms with Crippen molar-refractivity contribution < 1.29 is 9.53 Å². The van der Waals surface area contributed by atoms with Gasteiger partial charge in [-0.1, -0.05) is 6.42 Å². The maximum atomic E-state index is 11.7. The van der Waals surface area contributed by atoms with E-state index in [2.05, 4.69) is 4.90 Å². The number of likely N-dealkylation sites (tertiary alicyclic amines) is 1. The van der Waals surface area contributed by atoms with Crippen LogP contribution in [-0.4, -0.2) is 37.1 Å². The number of carbonyl (C=O) groups is 1. The Kier molecular flexibility index (Phi) is 6.67. The molecule has 0 bridgehead atoms. The van der Waals surface area contributed by atoms with E-state index in [1.54, 1.807) is 24.3 Å². The van der Waals surface area contributed by atoms with E-state index in [1.165, 1.54) is 19.3 Å². The van der Waals surface area contributed by atoms with Gasteiger partial charge in [0.2, 0.25) is 0 Å². The van der Waals surface area contributed by atoms with Gasteiger partial charge in [0, 0.05) is 12.2 Å². The van der Waals surface area contributed by atoms with Crippen molar-refractivity contribution in [2.75, 3.05) is 32.0 Å². The van der Waals surface area contributed by atoms with E-state index in [4.69, 9.17) is 10.5 Å². The minimum Gasteiger partial charge on any atom is -0.461 e. The van der Waals surface area contributed by atoms with Gasteiger partial charge in [-0.3, -0.25) is 4.90 Å². The van der Waals surface area contributed by atoms with Crippen molar-refractivity contribution in [3.63, 3.8) is 0 Å². The number of esters is 1. The summed E-state index contributed by atoms with van der Waals surface area (Å²) in [6, 6.07) is 6.81. The zero-order chi connectivity index (χ0) is 12.8. The number of hydrogen-bond acceptors (Lipinski definition) is 4. The summed E-state index contributed by atoms with van der Waals surface area (Å²) in [5.41, 5.74) is 6.78. The molecule has 0 atom stereocenters. The molecular weight excluding hydrogens is 264 g/mol. The number of nitrogen functional groups attached to an aromatic ring is 1. The summed E-state index contributed by atoms with van der Waals surface area (Å²) in [4.78, 5) is 14.1. The van der Waals surface area contributed by atoms with Crippen LogP contribution in [0.15, 0.2) is 24.3 Å². The molecular formula is C14H21ClN2O2. The van der Waals surface area contributed by atoms with Gasteiger partial charge in [-0.2, -0.15) is 0 Å². The molecule has 0 aliphatic carbocycles. The number of rotatable bonds is 4. The summed E-state index contributed by atoms with van der Waals surface area (Å²) >= 11 is 0. The number of nitrogens with two attached hydrogens (primary N) is 1. The van der Waals surface area contributed by atoms with Crippen LogP contribution in [0.25, 0.3) is 0 Å². The Morgan fingerprint density at radius 3 is 2.42 bits per heavy atom. The molecule has 0 aromatic heterocycles. The predicted molar refractivity (Wildman–Crippen MR) is 78.7 cm³/mol. The van der Waals surface area contributed by atoms with Crippen LogP contribution < -0.4 is 5.73 Å². The second-order valence-electron chi connectivity index (χ2n) is 4.66. The lowest BCUT2D eigenvalue weighted by Crippen LogP contribution is -2.33. The second kappa shape index (κ2) is 8.02. The van der Waals surface area contributed by atoms with E-state index in [0.29, 0.717) is 17.9 Å². The van der Waals surface area contributed by atoms with Crippen LogP contribution in [0.4, 0.5) is 5.69 Å². The van der Waals surface area contributed by atoms with Gasteiger partial charge in [0.25, 0.3) is 0 Å². The summed E-state index contributed by atoms with van der Waals surface area (Å²) in [7, 11) is 0. The molecule has 2 N–H and O–H groups in total. The lowest BCUT2D eigenvalue weighted by atomic mass is 10.1. The third-order valence-electron chi connectivity index (χ3n) is 3.24. The Labute approximate surface area is 120 Å². The highest BCUT2D eigenvalue weighted by Crippen LogP contribution is 2.09. The molecule has 0 spiro atoms. The summed E-state index contributed by atoms with van der Waals surface area (Å²) < 4.78 is 5.25. The first-order chi connectivity index (χ1) is 8.75. The van der Waals surface area contributed by atoms with Gasteiger partial charge >= 0.3 is 5.97 Å². The highest BCUT2D eigenvalue weighted by Gasteiger charge is 2.11. The predicted octanol–water partition coefficient (Wildman–Crippen LogP) is 2.33. The van der Waals surface area contributed by atoms with Crippen LogP contribution >= 0.6 is 12.4 Å². The largest absolute Gasteiger partial charge is 0.461 e. The Bertz CT molecular complexity index is 389. The molecule has 1 aliphatic rings. The van der Waals surface area contributed by atoms with Gasteiger partial charge in [0.15, 0.2) is 0 Å². The molecule has 1 aromatic rings. The summed E-state index contributed by atoms with van der Waals surface area (Å²) in [6.45, 7) is 3.54. The zero-order valence-electron chi connectivity index (χ0n) is 11.0. The molecule has 1 fully saturated rings. The average Bonchev–Trinajstić information content (AvgIpc) is 2.40. The molecule has 1 aromatic carbocycles. The van der Waals surface area contributed by atoms with Crippen molar-refractivity contribution in [3.05, 3.63) is 29.8 Å². The van der Waals surface area contributed by atoms with Crippen molar-refractivity contribution in [3.8, 4) is 0 Å². The molecule has 0 saturated carbocycles. The third-order valence-corrected chi connectivity index (χ3v) is 3.24. The van der Waals surface area contributed by atoms with Crippen LogP contribution in [0.5, 0.6) is 0 Å². The average molecular weight is 285 g/mol. The Morgan fingerprint density at radius 1 is 1.16 bits per heavy atom. The lowest BCUT2D eigenvalue weighted by molar-refractivity contribution is 0.0452. The van der Waals surface area contributed by atoms with E-state index >= 15 is 0 Å². The molecule has 1 aliphatic heterocycles.